The molecule has 0 N–H and O–H groups in total. The second-order valence-corrected chi connectivity index (χ2v) is 8.30. The Hall–Kier alpha value is -2.32. The lowest BCUT2D eigenvalue weighted by Crippen LogP contribution is -2.63. The Morgan fingerprint density at radius 1 is 1.14 bits per heavy atom. The second-order valence-electron chi connectivity index (χ2n) is 8.30. The van der Waals surface area contributed by atoms with Crippen molar-refractivity contribution in [2.24, 2.45) is 0 Å². The number of benzene rings is 1. The van der Waals surface area contributed by atoms with E-state index in [1.807, 2.05) is 39.0 Å². The molecule has 3 rings (SSSR count). The van der Waals surface area contributed by atoms with Gasteiger partial charge >= 0.3 is 6.09 Å². The zero-order valence-corrected chi connectivity index (χ0v) is 17.5. The minimum Gasteiger partial charge on any atom is -0.446 e. The van der Waals surface area contributed by atoms with Crippen molar-refractivity contribution in [3.8, 4) is 0 Å². The average Bonchev–Trinajstić information content (AvgIpc) is 2.72. The van der Waals surface area contributed by atoms with Gasteiger partial charge in [-0.2, -0.15) is 0 Å². The van der Waals surface area contributed by atoms with Gasteiger partial charge in [0.05, 0.1) is 13.2 Å². The first-order chi connectivity index (χ1) is 13.9. The lowest BCUT2D eigenvalue weighted by Gasteiger charge is -2.45. The standard InChI is InChI=1S/C21H31N3O5/c1-21(2,3)29-20(26)24-13-14-27-15-18(24)19(28-16-25)23-11-9-22(10-12-23)17-7-5-4-6-8-17/h4-8,16,18-19H,9-15H2,1-3H3. The van der Waals surface area contributed by atoms with Crippen molar-refractivity contribution in [2.75, 3.05) is 50.8 Å². The number of para-hydroxylation sites is 1. The fourth-order valence-corrected chi connectivity index (χ4v) is 3.76. The molecule has 2 fully saturated rings. The molecule has 2 aliphatic heterocycles. The van der Waals surface area contributed by atoms with Crippen LogP contribution in [0, 0.1) is 0 Å². The average molecular weight is 405 g/mol. The van der Waals surface area contributed by atoms with Crippen LogP contribution in [0.2, 0.25) is 0 Å². The van der Waals surface area contributed by atoms with E-state index in [4.69, 9.17) is 14.2 Å². The van der Waals surface area contributed by atoms with Crippen LogP contribution < -0.4 is 4.90 Å². The minimum atomic E-state index is -0.595. The highest BCUT2D eigenvalue weighted by Crippen LogP contribution is 2.23. The molecule has 0 aliphatic carbocycles. The van der Waals surface area contributed by atoms with Crippen molar-refractivity contribution < 1.29 is 23.8 Å². The van der Waals surface area contributed by atoms with Crippen LogP contribution in [0.25, 0.3) is 0 Å². The Balaban J connectivity index is 1.69. The van der Waals surface area contributed by atoms with Crippen molar-refractivity contribution in [3.63, 3.8) is 0 Å². The third kappa shape index (κ3) is 5.61. The molecule has 2 heterocycles. The van der Waals surface area contributed by atoms with E-state index in [-0.39, 0.29) is 0 Å². The summed E-state index contributed by atoms with van der Waals surface area (Å²) in [5, 5.41) is 0. The number of amides is 1. The molecule has 2 aliphatic rings. The minimum absolute atomic E-state index is 0.302. The van der Waals surface area contributed by atoms with E-state index >= 15 is 0 Å². The van der Waals surface area contributed by atoms with Gasteiger partial charge in [-0.1, -0.05) is 18.2 Å². The molecule has 29 heavy (non-hydrogen) atoms. The van der Waals surface area contributed by atoms with Gasteiger partial charge in [0, 0.05) is 38.4 Å². The zero-order valence-electron chi connectivity index (χ0n) is 17.5. The van der Waals surface area contributed by atoms with Crippen LogP contribution in [0.15, 0.2) is 30.3 Å². The van der Waals surface area contributed by atoms with Crippen LogP contribution in [-0.4, -0.2) is 86.2 Å². The molecule has 2 unspecified atom stereocenters. The van der Waals surface area contributed by atoms with Crippen LogP contribution in [0.3, 0.4) is 0 Å². The maximum absolute atomic E-state index is 12.7. The van der Waals surface area contributed by atoms with E-state index in [0.29, 0.717) is 39.3 Å². The number of carbonyl (C=O) groups is 2. The van der Waals surface area contributed by atoms with Gasteiger partial charge in [-0.05, 0) is 32.9 Å². The number of anilines is 1. The van der Waals surface area contributed by atoms with Crippen LogP contribution in [0.4, 0.5) is 10.5 Å². The molecular weight excluding hydrogens is 374 g/mol. The van der Waals surface area contributed by atoms with E-state index in [1.54, 1.807) is 4.90 Å². The predicted molar refractivity (Wildman–Crippen MR) is 109 cm³/mol. The van der Waals surface area contributed by atoms with Gasteiger partial charge in [-0.3, -0.25) is 14.6 Å². The number of ether oxygens (including phenoxy) is 3. The number of hydrogen-bond acceptors (Lipinski definition) is 7. The summed E-state index contributed by atoms with van der Waals surface area (Å²) in [5.41, 5.74) is 0.582. The van der Waals surface area contributed by atoms with Crippen LogP contribution >= 0.6 is 0 Å². The van der Waals surface area contributed by atoms with Crippen LogP contribution in [0.5, 0.6) is 0 Å². The van der Waals surface area contributed by atoms with Crippen LogP contribution in [0.1, 0.15) is 20.8 Å². The summed E-state index contributed by atoms with van der Waals surface area (Å²) in [6, 6.07) is 9.83. The van der Waals surface area contributed by atoms with Gasteiger partial charge in [0.1, 0.15) is 11.6 Å². The van der Waals surface area contributed by atoms with Gasteiger partial charge in [0.15, 0.2) is 6.23 Å². The summed E-state index contributed by atoms with van der Waals surface area (Å²) >= 11 is 0. The highest BCUT2D eigenvalue weighted by atomic mass is 16.6. The lowest BCUT2D eigenvalue weighted by molar-refractivity contribution is -0.161. The summed E-state index contributed by atoms with van der Waals surface area (Å²) in [6.45, 7) is 10.2. The molecular formula is C21H31N3O5. The molecule has 160 valence electrons. The third-order valence-corrected chi connectivity index (χ3v) is 5.11. The number of piperazine rings is 1. The Morgan fingerprint density at radius 3 is 2.45 bits per heavy atom. The molecule has 0 saturated carbocycles. The first kappa shape index (κ1) is 21.4. The number of morpholine rings is 1. The molecule has 1 amide bonds. The molecule has 8 nitrogen and oxygen atoms in total. The topological polar surface area (TPSA) is 71.5 Å². The fraction of sp³-hybridized carbons (Fsp3) is 0.619. The van der Waals surface area contributed by atoms with Crippen molar-refractivity contribution in [2.45, 2.75) is 38.6 Å². The molecule has 2 saturated heterocycles. The van der Waals surface area contributed by atoms with Gasteiger partial charge in [-0.25, -0.2) is 4.79 Å². The summed E-state index contributed by atoms with van der Waals surface area (Å²) in [6.07, 6.45) is -0.980. The maximum atomic E-state index is 12.7. The molecule has 0 aromatic heterocycles. The number of hydrogen-bond donors (Lipinski definition) is 0. The van der Waals surface area contributed by atoms with Gasteiger partial charge in [0.25, 0.3) is 6.47 Å². The van der Waals surface area contributed by atoms with Gasteiger partial charge in [-0.15, -0.1) is 0 Å². The Kier molecular flexibility index (Phi) is 6.97. The largest absolute Gasteiger partial charge is 0.446 e. The quantitative estimate of drug-likeness (QED) is 0.694. The van der Waals surface area contributed by atoms with E-state index in [2.05, 4.69) is 21.9 Å². The molecule has 2 atom stereocenters. The molecule has 1 aromatic rings. The molecule has 8 heteroatoms. The number of carbonyl (C=O) groups excluding carboxylic acids is 2. The summed E-state index contributed by atoms with van der Waals surface area (Å²) in [4.78, 5) is 30.0. The highest BCUT2D eigenvalue weighted by molar-refractivity contribution is 5.68. The van der Waals surface area contributed by atoms with Crippen molar-refractivity contribution in [1.82, 2.24) is 9.80 Å². The maximum Gasteiger partial charge on any atom is 0.410 e. The summed E-state index contributed by atoms with van der Waals surface area (Å²) in [7, 11) is 0. The molecule has 0 radical (unpaired) electrons. The first-order valence-corrected chi connectivity index (χ1v) is 10.1. The molecule has 1 aromatic carbocycles. The third-order valence-electron chi connectivity index (χ3n) is 5.11. The van der Waals surface area contributed by atoms with Crippen molar-refractivity contribution >= 4 is 18.3 Å². The van der Waals surface area contributed by atoms with E-state index in [0.717, 1.165) is 13.1 Å². The predicted octanol–water partition coefficient (Wildman–Crippen LogP) is 1.94. The van der Waals surface area contributed by atoms with Crippen LogP contribution in [-0.2, 0) is 19.0 Å². The van der Waals surface area contributed by atoms with E-state index < -0.39 is 24.0 Å². The number of nitrogens with zero attached hydrogens (tertiary/aromatic N) is 3. The highest BCUT2D eigenvalue weighted by Gasteiger charge is 2.40. The Morgan fingerprint density at radius 2 is 1.83 bits per heavy atom. The normalized spacial score (nSPS) is 22.1. The van der Waals surface area contributed by atoms with Crippen molar-refractivity contribution in [1.29, 1.82) is 0 Å². The summed E-state index contributed by atoms with van der Waals surface area (Å²) < 4.78 is 16.6. The fourth-order valence-electron chi connectivity index (χ4n) is 3.76. The first-order valence-electron chi connectivity index (χ1n) is 10.1. The molecule has 0 bridgehead atoms. The van der Waals surface area contributed by atoms with E-state index in [9.17, 15) is 9.59 Å². The van der Waals surface area contributed by atoms with Gasteiger partial charge < -0.3 is 19.1 Å². The Labute approximate surface area is 172 Å². The summed E-state index contributed by atoms with van der Waals surface area (Å²) in [5.74, 6) is 0. The smallest absolute Gasteiger partial charge is 0.410 e. The Bertz CT molecular complexity index is 671. The zero-order chi connectivity index (χ0) is 20.9. The lowest BCUT2D eigenvalue weighted by atomic mass is 10.1. The number of rotatable bonds is 5. The van der Waals surface area contributed by atoms with E-state index in [1.165, 1.54) is 5.69 Å². The monoisotopic (exact) mass is 405 g/mol. The second kappa shape index (κ2) is 9.45. The van der Waals surface area contributed by atoms with Gasteiger partial charge in [0.2, 0.25) is 0 Å². The molecule has 0 spiro atoms. The van der Waals surface area contributed by atoms with Crippen molar-refractivity contribution in [3.05, 3.63) is 30.3 Å². The SMILES string of the molecule is CC(C)(C)OC(=O)N1CCOCC1C(OC=O)N1CCN(c2ccccc2)CC1.